The van der Waals surface area contributed by atoms with Gasteiger partial charge in [-0.3, -0.25) is 9.36 Å². The first kappa shape index (κ1) is 46.5. The van der Waals surface area contributed by atoms with Crippen molar-refractivity contribution in [2.24, 2.45) is 0 Å². The van der Waals surface area contributed by atoms with Gasteiger partial charge in [0.1, 0.15) is 19.3 Å². The summed E-state index contributed by atoms with van der Waals surface area (Å²) in [4.78, 5) is 24.1. The van der Waals surface area contributed by atoms with Crippen molar-refractivity contribution in [2.75, 3.05) is 54.1 Å². The largest absolute Gasteiger partial charge is 0.756 e. The van der Waals surface area contributed by atoms with Gasteiger partial charge in [0, 0.05) is 13.0 Å². The summed E-state index contributed by atoms with van der Waals surface area (Å²) in [6.45, 7) is 5.08. The molecule has 0 saturated carbocycles. The van der Waals surface area contributed by atoms with Crippen LogP contribution in [0.15, 0.2) is 0 Å². The Labute approximate surface area is 291 Å². The first-order chi connectivity index (χ1) is 22.6. The Morgan fingerprint density at radius 3 is 1.36 bits per heavy atom. The van der Waals surface area contributed by atoms with Crippen LogP contribution in [-0.4, -0.2) is 70.7 Å². The Hall–Kier alpha value is -0.500. The fourth-order valence-electron chi connectivity index (χ4n) is 5.58. The number of phosphoric acid groups is 1. The number of unbranched alkanes of at least 4 members (excludes halogenated alkanes) is 23. The van der Waals surface area contributed by atoms with Crippen LogP contribution in [-0.2, 0) is 27.9 Å². The number of hydrogen-bond donors (Lipinski definition) is 0. The zero-order valence-electron chi connectivity index (χ0n) is 31.7. The van der Waals surface area contributed by atoms with Crippen LogP contribution in [0.5, 0.6) is 0 Å². The fraction of sp³-hybridized carbons (Fsp3) is 0.974. The van der Waals surface area contributed by atoms with Crippen LogP contribution in [0.1, 0.15) is 181 Å². The van der Waals surface area contributed by atoms with Crippen molar-refractivity contribution in [1.82, 2.24) is 0 Å². The van der Waals surface area contributed by atoms with E-state index in [9.17, 15) is 14.3 Å². The van der Waals surface area contributed by atoms with Crippen molar-refractivity contribution >= 4 is 13.8 Å². The maximum Gasteiger partial charge on any atom is 0.306 e. The lowest BCUT2D eigenvalue weighted by Gasteiger charge is -2.28. The molecule has 2 unspecified atom stereocenters. The summed E-state index contributed by atoms with van der Waals surface area (Å²) < 4.78 is 33.8. The lowest BCUT2D eigenvalue weighted by Crippen LogP contribution is -2.37. The van der Waals surface area contributed by atoms with Crippen molar-refractivity contribution in [3.05, 3.63) is 0 Å². The molecule has 0 aromatic heterocycles. The van der Waals surface area contributed by atoms with Gasteiger partial charge in [-0.25, -0.2) is 0 Å². The molecule has 9 heteroatoms. The maximum absolute atomic E-state index is 12.1. The molecule has 47 heavy (non-hydrogen) atoms. The van der Waals surface area contributed by atoms with Gasteiger partial charge in [-0.2, -0.15) is 0 Å². The van der Waals surface area contributed by atoms with Gasteiger partial charge in [-0.15, -0.1) is 0 Å². The van der Waals surface area contributed by atoms with Crippen molar-refractivity contribution in [3.63, 3.8) is 0 Å². The summed E-state index contributed by atoms with van der Waals surface area (Å²) in [7, 11) is 1.36. The minimum Gasteiger partial charge on any atom is -0.756 e. The lowest BCUT2D eigenvalue weighted by molar-refractivity contribution is -0.870. The maximum atomic E-state index is 12.1. The third kappa shape index (κ3) is 36.6. The molecule has 0 rings (SSSR count). The van der Waals surface area contributed by atoms with E-state index in [1.165, 1.54) is 141 Å². The van der Waals surface area contributed by atoms with Gasteiger partial charge in [-0.1, -0.05) is 162 Å². The van der Waals surface area contributed by atoms with Crippen molar-refractivity contribution in [3.8, 4) is 0 Å². The molecule has 0 aliphatic carbocycles. The minimum absolute atomic E-state index is 0.0284. The molecule has 282 valence electrons. The van der Waals surface area contributed by atoms with Crippen LogP contribution < -0.4 is 4.89 Å². The number of ether oxygens (including phenoxy) is 2. The zero-order valence-corrected chi connectivity index (χ0v) is 32.6. The third-order valence-electron chi connectivity index (χ3n) is 8.63. The molecule has 0 heterocycles. The summed E-state index contributed by atoms with van der Waals surface area (Å²) in [5.41, 5.74) is 0. The van der Waals surface area contributed by atoms with Crippen LogP contribution in [0.25, 0.3) is 0 Å². The highest BCUT2D eigenvalue weighted by Gasteiger charge is 2.20. The molecule has 0 radical (unpaired) electrons. The number of phosphoric ester groups is 1. The molecule has 0 N–H and O–H groups in total. The highest BCUT2D eigenvalue weighted by atomic mass is 31.2. The number of quaternary nitrogens is 1. The van der Waals surface area contributed by atoms with Crippen LogP contribution in [0.3, 0.4) is 0 Å². The summed E-state index contributed by atoms with van der Waals surface area (Å²) in [6.07, 6.45) is 32.9. The number of hydrogen-bond acceptors (Lipinski definition) is 7. The van der Waals surface area contributed by atoms with E-state index in [2.05, 4.69) is 6.92 Å². The van der Waals surface area contributed by atoms with E-state index in [-0.39, 0.29) is 32.2 Å². The van der Waals surface area contributed by atoms with E-state index in [4.69, 9.17) is 18.5 Å². The molecule has 0 spiro atoms. The van der Waals surface area contributed by atoms with Gasteiger partial charge in [0.2, 0.25) is 0 Å². The van der Waals surface area contributed by atoms with Crippen LogP contribution in [0.2, 0.25) is 0 Å². The Kier molecular flexibility index (Phi) is 32.3. The summed E-state index contributed by atoms with van der Waals surface area (Å²) >= 11 is 0. The van der Waals surface area contributed by atoms with E-state index in [1.807, 2.05) is 28.1 Å². The number of nitrogens with zero attached hydrogens (tertiary/aromatic N) is 1. The molecular formula is C38H78NO7P. The minimum atomic E-state index is -4.48. The smallest absolute Gasteiger partial charge is 0.306 e. The topological polar surface area (TPSA) is 94.1 Å². The number of rotatable bonds is 37. The fourth-order valence-corrected chi connectivity index (χ4v) is 6.31. The highest BCUT2D eigenvalue weighted by Crippen LogP contribution is 2.38. The molecule has 0 saturated heterocycles. The lowest BCUT2D eigenvalue weighted by atomic mass is 10.0. The average Bonchev–Trinajstić information content (AvgIpc) is 3.00. The van der Waals surface area contributed by atoms with E-state index < -0.39 is 13.9 Å². The molecule has 0 amide bonds. The predicted octanol–water partition coefficient (Wildman–Crippen LogP) is 10.3. The molecule has 0 bridgehead atoms. The summed E-state index contributed by atoms with van der Waals surface area (Å²) in [6, 6.07) is 0. The van der Waals surface area contributed by atoms with Gasteiger partial charge in [0.05, 0.1) is 34.4 Å². The summed E-state index contributed by atoms with van der Waals surface area (Å²) in [5, 5.41) is 0. The Balaban J connectivity index is 3.65. The van der Waals surface area contributed by atoms with E-state index in [0.717, 1.165) is 12.8 Å². The van der Waals surface area contributed by atoms with Gasteiger partial charge in [0.15, 0.2) is 0 Å². The van der Waals surface area contributed by atoms with Crippen LogP contribution in [0, 0.1) is 0 Å². The van der Waals surface area contributed by atoms with Crippen molar-refractivity contribution < 1.29 is 37.3 Å². The SMILES string of the molecule is CCCCCCCCCCCCCCCCCCCCCCCCCCOCC(COP(=O)([O-])OCC[N+](C)(C)C)OC(=O)CCC. The first-order valence-electron chi connectivity index (χ1n) is 19.8. The monoisotopic (exact) mass is 692 g/mol. The second-order valence-corrected chi connectivity index (χ2v) is 16.1. The van der Waals surface area contributed by atoms with Crippen LogP contribution in [0.4, 0.5) is 0 Å². The van der Waals surface area contributed by atoms with Gasteiger partial charge in [0.25, 0.3) is 7.82 Å². The zero-order chi connectivity index (χ0) is 34.9. The number of likely N-dealkylation sites (N-methyl/N-ethyl adjacent to an activating group) is 1. The Morgan fingerprint density at radius 2 is 0.979 bits per heavy atom. The average molecular weight is 692 g/mol. The molecule has 0 fully saturated rings. The highest BCUT2D eigenvalue weighted by molar-refractivity contribution is 7.45. The molecule has 2 atom stereocenters. The molecule has 0 aliphatic heterocycles. The summed E-state index contributed by atoms with van der Waals surface area (Å²) in [5.74, 6) is -0.383. The molecule has 0 aromatic carbocycles. The second-order valence-electron chi connectivity index (χ2n) is 14.7. The number of carbonyl (C=O) groups excluding carboxylic acids is 1. The standard InChI is InChI=1S/C38H78NO7P/c1-6-8-9-10-11-12-13-14-15-16-17-18-19-20-21-22-23-24-25-26-27-28-29-30-33-43-35-37(46-38(40)31-7-2)36-45-47(41,42)44-34-32-39(3,4)5/h37H,6-36H2,1-5H3. The second kappa shape index (κ2) is 32.7. The number of carbonyl (C=O) groups is 1. The third-order valence-corrected chi connectivity index (χ3v) is 9.59. The van der Waals surface area contributed by atoms with Gasteiger partial charge >= 0.3 is 5.97 Å². The number of esters is 1. The molecule has 8 nitrogen and oxygen atoms in total. The van der Waals surface area contributed by atoms with Gasteiger partial charge < -0.3 is 27.9 Å². The Bertz CT molecular complexity index is 731. The van der Waals surface area contributed by atoms with Crippen LogP contribution >= 0.6 is 7.82 Å². The first-order valence-corrected chi connectivity index (χ1v) is 21.2. The van der Waals surface area contributed by atoms with Gasteiger partial charge in [-0.05, 0) is 12.8 Å². The van der Waals surface area contributed by atoms with Crippen molar-refractivity contribution in [2.45, 2.75) is 187 Å². The van der Waals surface area contributed by atoms with E-state index >= 15 is 0 Å². The Morgan fingerprint density at radius 1 is 0.574 bits per heavy atom. The quantitative estimate of drug-likeness (QED) is 0.0277. The molecule has 0 aromatic rings. The van der Waals surface area contributed by atoms with E-state index in [1.54, 1.807) is 0 Å². The molecular weight excluding hydrogens is 613 g/mol. The molecule has 0 aliphatic rings. The predicted molar refractivity (Wildman–Crippen MR) is 194 cm³/mol. The van der Waals surface area contributed by atoms with Crippen molar-refractivity contribution in [1.29, 1.82) is 0 Å². The normalized spacial score (nSPS) is 13.9. The van der Waals surface area contributed by atoms with E-state index in [0.29, 0.717) is 24.1 Å².